The van der Waals surface area contributed by atoms with E-state index in [9.17, 15) is 67.2 Å². The maximum Gasteiger partial charge on any atom is 0.162 e. The van der Waals surface area contributed by atoms with E-state index in [4.69, 9.17) is 47.7 Å². The zero-order chi connectivity index (χ0) is 84.0. The number of benzene rings is 4. The van der Waals surface area contributed by atoms with Crippen LogP contribution in [0.4, 0.5) is 43.4 Å². The van der Waals surface area contributed by atoms with E-state index >= 15 is 0 Å². The first kappa shape index (κ1) is 81.9. The van der Waals surface area contributed by atoms with Gasteiger partial charge in [0.25, 0.3) is 0 Å². The quantitative estimate of drug-likeness (QED) is 0.0479. The summed E-state index contributed by atoms with van der Waals surface area (Å²) in [4.78, 5) is 20.9. The van der Waals surface area contributed by atoms with E-state index in [0.29, 0.717) is 95.5 Å². The molecule has 0 amide bonds. The van der Waals surface area contributed by atoms with Gasteiger partial charge in [-0.1, -0.05) is 36.7 Å². The fourth-order valence-electron chi connectivity index (χ4n) is 18.7. The van der Waals surface area contributed by atoms with Crippen molar-refractivity contribution in [2.45, 2.75) is 208 Å². The number of aryl methyl sites for hydroxylation is 3. The number of aliphatic hydroxyl groups excluding tert-OH is 8. The van der Waals surface area contributed by atoms with Gasteiger partial charge in [-0.2, -0.15) is 0 Å². The van der Waals surface area contributed by atoms with Crippen molar-refractivity contribution in [1.82, 2.24) is 59.1 Å². The van der Waals surface area contributed by atoms with Crippen molar-refractivity contribution >= 4 is 72.8 Å². The molecule has 12 aromatic rings. The Hall–Kier alpha value is -10.4. The van der Waals surface area contributed by atoms with Gasteiger partial charge in [-0.05, 0) is 135 Å². The lowest BCUT2D eigenvalue weighted by molar-refractivity contribution is -0.0167. The standard InChI is InChI=1S/C24H28FN3O3.C21H22ClFN4O3.C21H21F3N4O3.C20H21FN4O3/c1-3-14-8-15-6-4-5-7-16(15)19(9-14)31-20-10-18(22(29)23(20)30)28-11-17(25)21-13(2)26-12-27-24(21)28;22-11-5-10-1-3-25-8-12(10)16(6-11)30-17-7-15(19(28)20(17)29)27-9-13(23)18-14(24)2-4-26-21(18)27;22-11-5-15(10-7-26-3-1-9(10)18(11)24)31-16-6-14(19(29)20(16)30)28-8-12(23)17-13(25)2-4-27-21(17)28;21-12-9-25(20-17(12)13(22)4-5-24-20)14-6-16(19(27)18(14)26)28-15-3-1-2-10-7-23-8-11(10)15/h8-9,11-12,18,20,22-23,29-30H,3-7,10H2,1-2H3;2,4-6,9,15,17,19-20,25,28-29H,1,3,7-8H2,(H2,24,26);2,4-5,8,14,16,19-20,26,29-30H,1,3,6-7H2,(H2,25,27);1-5,9,14,16,18-19,23,26-27H,6-8H2,(H2,22,24)/t18?,20?,22-,23+;15?,17?,19-,20+;14?,16?,19-,20+;14?,16-,18+,19-/m0001/s1. The van der Waals surface area contributed by atoms with Crippen molar-refractivity contribution in [1.29, 1.82) is 0 Å². The Morgan fingerprint density at radius 1 is 0.417 bits per heavy atom. The molecule has 20 rings (SSSR count). The zero-order valence-electron chi connectivity index (χ0n) is 65.3. The second-order valence-electron chi connectivity index (χ2n) is 32.1. The molecule has 8 aromatic heterocycles. The first-order valence-electron chi connectivity index (χ1n) is 40.3. The lowest BCUT2D eigenvalue weighted by Gasteiger charge is -2.25. The number of nitrogens with two attached hydrogens (primary N) is 3. The first-order valence-corrected chi connectivity index (χ1v) is 40.7. The van der Waals surface area contributed by atoms with Crippen molar-refractivity contribution in [2.75, 3.05) is 30.3 Å². The lowest BCUT2D eigenvalue weighted by atomic mass is 9.89. The van der Waals surface area contributed by atoms with Gasteiger partial charge < -0.3 is 111 Å². The van der Waals surface area contributed by atoms with Gasteiger partial charge in [0.15, 0.2) is 34.9 Å². The normalized spacial score (nSPS) is 26.0. The number of hydrogen-bond acceptors (Lipinski definition) is 23. The molecule has 632 valence electrons. The number of rotatable bonds is 13. The van der Waals surface area contributed by atoms with E-state index in [2.05, 4.69) is 59.9 Å². The molecule has 0 saturated heterocycles. The highest BCUT2D eigenvalue weighted by Crippen LogP contribution is 2.46. The molecule has 27 nitrogen and oxygen atoms in total. The van der Waals surface area contributed by atoms with Crippen LogP contribution in [0, 0.1) is 41.8 Å². The fourth-order valence-corrected chi connectivity index (χ4v) is 18.9. The van der Waals surface area contributed by atoms with Gasteiger partial charge in [-0.25, -0.2) is 51.3 Å². The Labute approximate surface area is 688 Å². The van der Waals surface area contributed by atoms with Crippen molar-refractivity contribution in [2.24, 2.45) is 0 Å². The van der Waals surface area contributed by atoms with Crippen LogP contribution in [0.3, 0.4) is 0 Å². The van der Waals surface area contributed by atoms with Crippen LogP contribution in [0.15, 0.2) is 116 Å². The number of anilines is 3. The van der Waals surface area contributed by atoms with Gasteiger partial charge in [0.2, 0.25) is 0 Å². The third kappa shape index (κ3) is 15.1. The summed E-state index contributed by atoms with van der Waals surface area (Å²) < 4.78 is 117. The van der Waals surface area contributed by atoms with Gasteiger partial charge in [0.05, 0.1) is 51.4 Å². The van der Waals surface area contributed by atoms with Gasteiger partial charge in [0, 0.05) is 146 Å². The van der Waals surface area contributed by atoms with Crippen LogP contribution in [-0.4, -0.2) is 170 Å². The highest BCUT2D eigenvalue weighted by Gasteiger charge is 2.50. The second-order valence-corrected chi connectivity index (χ2v) is 32.5. The summed E-state index contributed by atoms with van der Waals surface area (Å²) in [6, 6.07) is 16.8. The van der Waals surface area contributed by atoms with Crippen LogP contribution in [0.1, 0.15) is 125 Å². The number of aromatic nitrogens is 9. The summed E-state index contributed by atoms with van der Waals surface area (Å²) >= 11 is 6.26. The first-order chi connectivity index (χ1) is 57.8. The number of aliphatic hydroxyl groups is 8. The van der Waals surface area contributed by atoms with Crippen molar-refractivity contribution in [3.05, 3.63) is 212 Å². The van der Waals surface area contributed by atoms with Gasteiger partial charge in [-0.3, -0.25) is 0 Å². The van der Waals surface area contributed by atoms with Crippen LogP contribution >= 0.6 is 11.6 Å². The average molecular weight is 1680 g/mol. The van der Waals surface area contributed by atoms with Gasteiger partial charge >= 0.3 is 0 Å². The monoisotopic (exact) mass is 1680 g/mol. The average Bonchev–Trinajstić information content (AvgIpc) is 1.60. The third-order valence-corrected chi connectivity index (χ3v) is 25.1. The summed E-state index contributed by atoms with van der Waals surface area (Å²) in [5.41, 5.74) is 29.1. The molecule has 0 radical (unpaired) electrons. The Bertz CT molecular complexity index is 5880. The fraction of sp³-hybridized carbons (Fsp3) is 0.407. The number of nitrogens with zero attached hydrogens (tertiary/aromatic N) is 9. The summed E-state index contributed by atoms with van der Waals surface area (Å²) in [6.45, 7) is 7.66. The van der Waals surface area contributed by atoms with E-state index in [-0.39, 0.29) is 63.0 Å². The van der Waals surface area contributed by atoms with Crippen molar-refractivity contribution in [3.63, 3.8) is 0 Å². The Balaban J connectivity index is 0.000000114. The summed E-state index contributed by atoms with van der Waals surface area (Å²) in [5.74, 6) is -1.74. The molecular formula is C86H92ClF6N15O12. The molecule has 3 aliphatic heterocycles. The number of pyridine rings is 3. The summed E-state index contributed by atoms with van der Waals surface area (Å²) in [7, 11) is 0. The van der Waals surface area contributed by atoms with E-state index in [1.165, 1.54) is 106 Å². The molecule has 7 unspecified atom stereocenters. The van der Waals surface area contributed by atoms with E-state index in [1.807, 2.05) is 24.3 Å². The molecule has 17 N–H and O–H groups in total. The largest absolute Gasteiger partial charge is 0.487 e. The van der Waals surface area contributed by atoms with E-state index < -0.39 is 132 Å². The molecule has 0 bridgehead atoms. The number of ether oxygens (including phenoxy) is 4. The highest BCUT2D eigenvalue weighted by atomic mass is 35.5. The second kappa shape index (κ2) is 33.5. The van der Waals surface area contributed by atoms with Gasteiger partial charge in [-0.15, -0.1) is 0 Å². The number of nitrogens with one attached hydrogen (secondary N) is 3. The van der Waals surface area contributed by atoms with Crippen LogP contribution in [0.2, 0.25) is 5.02 Å². The molecule has 8 aliphatic rings. The molecule has 11 heterocycles. The number of nitrogen functional groups attached to an aromatic ring is 3. The molecule has 4 aromatic carbocycles. The minimum Gasteiger partial charge on any atom is -0.487 e. The molecule has 5 aliphatic carbocycles. The summed E-state index contributed by atoms with van der Waals surface area (Å²) in [6.07, 6.45) is 6.23. The van der Waals surface area contributed by atoms with Crippen LogP contribution in [0.5, 0.6) is 23.0 Å². The van der Waals surface area contributed by atoms with Gasteiger partial charge in [0.1, 0.15) is 125 Å². The van der Waals surface area contributed by atoms with Crippen LogP contribution in [-0.2, 0) is 58.3 Å². The van der Waals surface area contributed by atoms with Crippen molar-refractivity contribution < 1.29 is 86.1 Å². The topological polar surface area (TPSA) is 397 Å². The minimum atomic E-state index is -1.33. The Morgan fingerprint density at radius 3 is 1.35 bits per heavy atom. The molecular weight excluding hydrogens is 1580 g/mol. The minimum absolute atomic E-state index is 0.100. The number of halogens is 7. The molecule has 120 heavy (non-hydrogen) atoms. The number of hydrogen-bond donors (Lipinski definition) is 14. The molecule has 16 atom stereocenters. The molecule has 4 saturated carbocycles. The smallest absolute Gasteiger partial charge is 0.162 e. The predicted molar refractivity (Wildman–Crippen MR) is 433 cm³/mol. The maximum atomic E-state index is 14.6. The zero-order valence-corrected chi connectivity index (χ0v) is 66.1. The van der Waals surface area contributed by atoms with Crippen LogP contribution < -0.4 is 52.1 Å². The maximum absolute atomic E-state index is 14.6. The summed E-state index contributed by atoms with van der Waals surface area (Å²) in [5, 5.41) is 96.7. The van der Waals surface area contributed by atoms with Crippen LogP contribution in [0.25, 0.3) is 44.1 Å². The van der Waals surface area contributed by atoms with E-state index in [0.717, 1.165) is 73.7 Å². The highest BCUT2D eigenvalue weighted by molar-refractivity contribution is 6.30. The number of fused-ring (bicyclic) bond motifs is 8. The molecule has 34 heteroatoms. The van der Waals surface area contributed by atoms with Crippen molar-refractivity contribution in [3.8, 4) is 23.0 Å². The predicted octanol–water partition coefficient (Wildman–Crippen LogP) is 8.88. The Morgan fingerprint density at radius 2 is 0.842 bits per heavy atom. The Kier molecular flexibility index (Phi) is 22.9. The molecule has 0 spiro atoms. The third-order valence-electron chi connectivity index (χ3n) is 24.9. The molecule has 4 fully saturated rings. The lowest BCUT2D eigenvalue weighted by Crippen LogP contribution is -2.35. The SMILES string of the molecule is CCc1cc2c(c(OC3CC(n4cc(F)c5c(C)ncnc54)[C@H](O)[C@@H]3O)c1)CCCC2.Nc1ccnc2c1c(F)cn2C1CC(Oc2cc(Cl)cc3c2CNCC3)[C@@H](O)[C@H]1O.Nc1ccnc2c1c(F)cn2C1CC(Oc2cc(F)c(F)c3c2CNCC3)[C@@H](O)[C@H]1O.Nc1ccnc2c1c(F)cn2C1C[C@@H](Oc2cccc3c2CNC3)[C@@H](O)[C@H]1O. The van der Waals surface area contributed by atoms with E-state index in [1.54, 1.807) is 22.1 Å².